The number of fused-ring (bicyclic) bond motifs is 1. The van der Waals surface area contributed by atoms with Crippen LogP contribution in [0.4, 0.5) is 0 Å². The second-order valence-electron chi connectivity index (χ2n) is 8.28. The Morgan fingerprint density at radius 3 is 2.07 bits per heavy atom. The summed E-state index contributed by atoms with van der Waals surface area (Å²) in [5, 5.41) is 0. The smallest absolute Gasteiger partial charge is 0.190 e. The first kappa shape index (κ1) is 21.4. The molecule has 2 aromatic rings. The average molecular weight is 414 g/mol. The summed E-state index contributed by atoms with van der Waals surface area (Å²) in [7, 11) is 1.65. The van der Waals surface area contributed by atoms with Crippen molar-refractivity contribution in [3.05, 3.63) is 71.8 Å². The molecule has 0 amide bonds. The SMILES string of the molecule is COC[C@]1(COCc2ccccc2)O[C@@H]2OC(C)(C)O[C@@H]2[C@@H]1OCc1ccccc1. The van der Waals surface area contributed by atoms with Crippen molar-refractivity contribution >= 4 is 0 Å². The second kappa shape index (κ2) is 9.14. The van der Waals surface area contributed by atoms with E-state index in [9.17, 15) is 0 Å². The zero-order chi connectivity index (χ0) is 21.0. The van der Waals surface area contributed by atoms with Crippen LogP contribution in [0.3, 0.4) is 0 Å². The molecule has 2 aliphatic rings. The van der Waals surface area contributed by atoms with Crippen molar-refractivity contribution in [2.45, 2.75) is 56.9 Å². The quantitative estimate of drug-likeness (QED) is 0.624. The summed E-state index contributed by atoms with van der Waals surface area (Å²) in [6.07, 6.45) is -1.30. The fraction of sp³-hybridized carbons (Fsp3) is 0.500. The molecule has 6 nitrogen and oxygen atoms in total. The number of rotatable bonds is 9. The predicted molar refractivity (Wildman–Crippen MR) is 111 cm³/mol. The van der Waals surface area contributed by atoms with Crippen LogP contribution in [-0.2, 0) is 41.6 Å². The largest absolute Gasteiger partial charge is 0.381 e. The molecule has 162 valence electrons. The highest BCUT2D eigenvalue weighted by molar-refractivity contribution is 5.15. The maximum atomic E-state index is 6.38. The zero-order valence-corrected chi connectivity index (χ0v) is 17.8. The summed E-state index contributed by atoms with van der Waals surface area (Å²) in [4.78, 5) is 0. The van der Waals surface area contributed by atoms with Crippen LogP contribution in [-0.4, -0.2) is 50.2 Å². The first-order valence-corrected chi connectivity index (χ1v) is 10.3. The van der Waals surface area contributed by atoms with Crippen LogP contribution in [0.15, 0.2) is 60.7 Å². The summed E-state index contributed by atoms with van der Waals surface area (Å²) in [5.41, 5.74) is 1.35. The van der Waals surface area contributed by atoms with E-state index in [1.807, 2.05) is 74.5 Å². The molecule has 2 aromatic carbocycles. The summed E-state index contributed by atoms with van der Waals surface area (Å²) in [6.45, 7) is 5.28. The topological polar surface area (TPSA) is 55.4 Å². The van der Waals surface area contributed by atoms with Gasteiger partial charge in [0.2, 0.25) is 0 Å². The Hall–Kier alpha value is -1.80. The first-order valence-electron chi connectivity index (χ1n) is 10.3. The van der Waals surface area contributed by atoms with E-state index in [1.54, 1.807) is 7.11 Å². The molecule has 0 bridgehead atoms. The minimum absolute atomic E-state index is 0.301. The van der Waals surface area contributed by atoms with Crippen LogP contribution in [0.2, 0.25) is 0 Å². The van der Waals surface area contributed by atoms with Gasteiger partial charge in [-0.2, -0.15) is 0 Å². The van der Waals surface area contributed by atoms with Gasteiger partial charge in [0.05, 0.1) is 26.4 Å². The molecule has 2 saturated heterocycles. The Bertz CT molecular complexity index is 796. The summed E-state index contributed by atoms with van der Waals surface area (Å²) in [6, 6.07) is 20.1. The van der Waals surface area contributed by atoms with Gasteiger partial charge in [0.1, 0.15) is 17.8 Å². The number of methoxy groups -OCH3 is 1. The summed E-state index contributed by atoms with van der Waals surface area (Å²) < 4.78 is 36.5. The molecule has 2 heterocycles. The molecule has 0 spiro atoms. The first-order chi connectivity index (χ1) is 14.5. The van der Waals surface area contributed by atoms with Crippen LogP contribution >= 0.6 is 0 Å². The van der Waals surface area contributed by atoms with Crippen molar-refractivity contribution in [3.63, 3.8) is 0 Å². The Kier molecular flexibility index (Phi) is 6.53. The van der Waals surface area contributed by atoms with Gasteiger partial charge in [-0.3, -0.25) is 0 Å². The van der Waals surface area contributed by atoms with Gasteiger partial charge in [0, 0.05) is 7.11 Å². The van der Waals surface area contributed by atoms with Crippen molar-refractivity contribution in [3.8, 4) is 0 Å². The van der Waals surface area contributed by atoms with Gasteiger partial charge in [-0.1, -0.05) is 60.7 Å². The molecule has 30 heavy (non-hydrogen) atoms. The molecule has 0 radical (unpaired) electrons. The number of hydrogen-bond acceptors (Lipinski definition) is 6. The van der Waals surface area contributed by atoms with Gasteiger partial charge < -0.3 is 28.4 Å². The maximum absolute atomic E-state index is 6.38. The Morgan fingerprint density at radius 1 is 0.800 bits per heavy atom. The van der Waals surface area contributed by atoms with E-state index in [1.165, 1.54) is 0 Å². The highest BCUT2D eigenvalue weighted by Gasteiger charge is 2.62. The number of ether oxygens (including phenoxy) is 6. The maximum Gasteiger partial charge on any atom is 0.190 e. The van der Waals surface area contributed by atoms with Crippen LogP contribution in [0.1, 0.15) is 25.0 Å². The summed E-state index contributed by atoms with van der Waals surface area (Å²) in [5.74, 6) is -0.728. The lowest BCUT2D eigenvalue weighted by Gasteiger charge is -2.36. The normalized spacial score (nSPS) is 29.8. The van der Waals surface area contributed by atoms with Gasteiger partial charge in [-0.25, -0.2) is 0 Å². The van der Waals surface area contributed by atoms with E-state index in [4.69, 9.17) is 28.4 Å². The molecular formula is C24H30O6. The minimum atomic E-state index is -0.829. The van der Waals surface area contributed by atoms with Crippen molar-refractivity contribution < 1.29 is 28.4 Å². The van der Waals surface area contributed by atoms with Crippen molar-refractivity contribution in [2.75, 3.05) is 20.3 Å². The van der Waals surface area contributed by atoms with E-state index in [0.29, 0.717) is 26.4 Å². The molecule has 0 aromatic heterocycles. The highest BCUT2D eigenvalue weighted by Crippen LogP contribution is 2.44. The zero-order valence-electron chi connectivity index (χ0n) is 17.8. The van der Waals surface area contributed by atoms with Crippen LogP contribution in [0.5, 0.6) is 0 Å². The lowest BCUT2D eigenvalue weighted by molar-refractivity contribution is -0.263. The molecule has 4 rings (SSSR count). The molecule has 0 saturated carbocycles. The van der Waals surface area contributed by atoms with Gasteiger partial charge in [0.25, 0.3) is 0 Å². The van der Waals surface area contributed by atoms with Crippen molar-refractivity contribution in [1.29, 1.82) is 0 Å². The van der Waals surface area contributed by atoms with E-state index < -0.39 is 23.8 Å². The Morgan fingerprint density at radius 2 is 1.43 bits per heavy atom. The minimum Gasteiger partial charge on any atom is -0.381 e. The predicted octanol–water partition coefficient (Wildman–Crippen LogP) is 3.68. The molecule has 0 aliphatic carbocycles. The van der Waals surface area contributed by atoms with E-state index in [-0.39, 0.29) is 6.10 Å². The fourth-order valence-electron chi connectivity index (χ4n) is 4.09. The van der Waals surface area contributed by atoms with Gasteiger partial charge in [0.15, 0.2) is 12.1 Å². The molecule has 0 unspecified atom stereocenters. The Labute approximate surface area is 178 Å². The molecule has 0 N–H and O–H groups in total. The monoisotopic (exact) mass is 414 g/mol. The number of hydrogen-bond donors (Lipinski definition) is 0. The third kappa shape index (κ3) is 4.75. The highest BCUT2D eigenvalue weighted by atomic mass is 16.8. The molecular weight excluding hydrogens is 384 g/mol. The Balaban J connectivity index is 1.51. The molecule has 2 fully saturated rings. The third-order valence-electron chi connectivity index (χ3n) is 5.37. The third-order valence-corrected chi connectivity index (χ3v) is 5.37. The van der Waals surface area contributed by atoms with E-state index >= 15 is 0 Å². The van der Waals surface area contributed by atoms with Crippen LogP contribution in [0, 0.1) is 0 Å². The van der Waals surface area contributed by atoms with Crippen molar-refractivity contribution in [2.24, 2.45) is 0 Å². The average Bonchev–Trinajstić information content (AvgIpc) is 3.17. The second-order valence-corrected chi connectivity index (χ2v) is 8.28. The van der Waals surface area contributed by atoms with Gasteiger partial charge >= 0.3 is 0 Å². The lowest BCUT2D eigenvalue weighted by atomic mass is 9.96. The van der Waals surface area contributed by atoms with Gasteiger partial charge in [-0.05, 0) is 25.0 Å². The fourth-order valence-corrected chi connectivity index (χ4v) is 4.09. The lowest BCUT2D eigenvalue weighted by Crippen LogP contribution is -2.53. The van der Waals surface area contributed by atoms with E-state index in [0.717, 1.165) is 11.1 Å². The molecule has 6 heteroatoms. The van der Waals surface area contributed by atoms with Crippen LogP contribution < -0.4 is 0 Å². The van der Waals surface area contributed by atoms with Crippen LogP contribution in [0.25, 0.3) is 0 Å². The van der Waals surface area contributed by atoms with Gasteiger partial charge in [-0.15, -0.1) is 0 Å². The van der Waals surface area contributed by atoms with E-state index in [2.05, 4.69) is 0 Å². The molecule has 4 atom stereocenters. The summed E-state index contributed by atoms with van der Waals surface area (Å²) >= 11 is 0. The molecule has 2 aliphatic heterocycles. The number of benzene rings is 2. The van der Waals surface area contributed by atoms with Crippen molar-refractivity contribution in [1.82, 2.24) is 0 Å². The standard InChI is InChI=1S/C24H30O6/c1-23(2)28-20-21(27-15-19-12-8-5-9-13-19)24(16-25-3,30-22(20)29-23)17-26-14-18-10-6-4-7-11-18/h4-13,20-22H,14-17H2,1-3H3/t20-,21+,22+,24-/m1/s1.